The molecule has 2 amide bonds. The van der Waals surface area contributed by atoms with Gasteiger partial charge in [-0.25, -0.2) is 18.7 Å². The Labute approximate surface area is 140 Å². The molecule has 0 aromatic rings. The molecule has 1 rings (SSSR count). The van der Waals surface area contributed by atoms with Crippen molar-refractivity contribution in [2.75, 3.05) is 33.5 Å². The molecule has 2 N–H and O–H groups in total. The van der Waals surface area contributed by atoms with Crippen molar-refractivity contribution in [1.82, 2.24) is 9.80 Å². The number of amides is 2. The molecule has 1 aliphatic rings. The zero-order valence-electron chi connectivity index (χ0n) is 14.1. The summed E-state index contributed by atoms with van der Waals surface area (Å²) in [5.74, 6) is 0.231. The zero-order chi connectivity index (χ0) is 18.3. The maximum Gasteiger partial charge on any atom is 0.472 e. The number of hydrogen-bond donors (Lipinski definition) is 2. The van der Waals surface area contributed by atoms with E-state index in [0.29, 0.717) is 19.6 Å². The van der Waals surface area contributed by atoms with Crippen LogP contribution in [0.3, 0.4) is 0 Å². The first kappa shape index (κ1) is 20.7. The van der Waals surface area contributed by atoms with Crippen LogP contribution in [0.1, 0.15) is 26.7 Å². The van der Waals surface area contributed by atoms with Crippen LogP contribution in [-0.4, -0.2) is 71.4 Å². The van der Waals surface area contributed by atoms with Crippen LogP contribution in [0.5, 0.6) is 0 Å². The van der Waals surface area contributed by atoms with Crippen LogP contribution in [-0.2, 0) is 18.6 Å². The summed E-state index contributed by atoms with van der Waals surface area (Å²) >= 11 is 0. The normalized spacial score (nSPS) is 17.9. The molecule has 11 heteroatoms. The molecule has 0 aromatic heterocycles. The Morgan fingerprint density at radius 2 is 2.00 bits per heavy atom. The van der Waals surface area contributed by atoms with Crippen molar-refractivity contribution in [1.29, 1.82) is 0 Å². The predicted molar refractivity (Wildman–Crippen MR) is 83.0 cm³/mol. The number of carbonyl (C=O) groups is 2. The number of phosphoric ester groups is 1. The largest absolute Gasteiger partial charge is 0.472 e. The van der Waals surface area contributed by atoms with E-state index in [1.165, 1.54) is 9.80 Å². The molecular weight excluding hydrogens is 343 g/mol. The van der Waals surface area contributed by atoms with Crippen molar-refractivity contribution in [2.45, 2.75) is 32.7 Å². The van der Waals surface area contributed by atoms with Crippen molar-refractivity contribution in [3.05, 3.63) is 0 Å². The van der Waals surface area contributed by atoms with Crippen molar-refractivity contribution < 1.29 is 37.9 Å². The molecule has 0 bridgehead atoms. The van der Waals surface area contributed by atoms with Gasteiger partial charge >= 0.3 is 20.0 Å². The number of nitrogens with zero attached hydrogens (tertiary/aromatic N) is 2. The first-order chi connectivity index (χ1) is 11.1. The van der Waals surface area contributed by atoms with Gasteiger partial charge in [-0.2, -0.15) is 0 Å². The SMILES string of the molecule is CC(C)COC(=O)N(C)C[C@@H]1CCCN1C(=O)OCOP(=O)(O)O. The van der Waals surface area contributed by atoms with Gasteiger partial charge in [0.25, 0.3) is 0 Å². The van der Waals surface area contributed by atoms with Crippen LogP contribution >= 0.6 is 7.82 Å². The molecule has 1 fully saturated rings. The van der Waals surface area contributed by atoms with Crippen LogP contribution in [0, 0.1) is 5.92 Å². The topological polar surface area (TPSA) is 126 Å². The summed E-state index contributed by atoms with van der Waals surface area (Å²) in [6.07, 6.45) is 0.230. The molecule has 140 valence electrons. The number of likely N-dealkylation sites (tertiary alicyclic amines) is 1. The Morgan fingerprint density at radius 3 is 2.58 bits per heavy atom. The molecule has 0 saturated carbocycles. The van der Waals surface area contributed by atoms with Crippen LogP contribution in [0.2, 0.25) is 0 Å². The van der Waals surface area contributed by atoms with Gasteiger partial charge in [0, 0.05) is 20.1 Å². The van der Waals surface area contributed by atoms with Crippen LogP contribution in [0.4, 0.5) is 9.59 Å². The van der Waals surface area contributed by atoms with E-state index in [0.717, 1.165) is 6.42 Å². The van der Waals surface area contributed by atoms with Gasteiger partial charge in [-0.05, 0) is 18.8 Å². The minimum absolute atomic E-state index is 0.231. The Morgan fingerprint density at radius 1 is 1.33 bits per heavy atom. The van der Waals surface area contributed by atoms with Crippen LogP contribution in [0.25, 0.3) is 0 Å². The van der Waals surface area contributed by atoms with Crippen LogP contribution < -0.4 is 0 Å². The third-order valence-corrected chi connectivity index (χ3v) is 3.79. The molecule has 1 atom stereocenters. The predicted octanol–water partition coefficient (Wildman–Crippen LogP) is 1.38. The van der Waals surface area contributed by atoms with E-state index < -0.39 is 26.8 Å². The van der Waals surface area contributed by atoms with Crippen LogP contribution in [0.15, 0.2) is 0 Å². The first-order valence-electron chi connectivity index (χ1n) is 7.61. The van der Waals surface area contributed by atoms with E-state index in [4.69, 9.17) is 19.3 Å². The Balaban J connectivity index is 2.45. The van der Waals surface area contributed by atoms with Crippen molar-refractivity contribution in [3.8, 4) is 0 Å². The summed E-state index contributed by atoms with van der Waals surface area (Å²) in [5, 5.41) is 0. The number of carbonyl (C=O) groups excluding carboxylic acids is 2. The average Bonchev–Trinajstić information content (AvgIpc) is 2.91. The molecule has 1 saturated heterocycles. The first-order valence-corrected chi connectivity index (χ1v) is 9.14. The highest BCUT2D eigenvalue weighted by molar-refractivity contribution is 7.46. The number of hydrogen-bond acceptors (Lipinski definition) is 6. The highest BCUT2D eigenvalue weighted by Crippen LogP contribution is 2.35. The smallest absolute Gasteiger partial charge is 0.449 e. The fourth-order valence-corrected chi connectivity index (χ4v) is 2.42. The fraction of sp³-hybridized carbons (Fsp3) is 0.846. The lowest BCUT2D eigenvalue weighted by Crippen LogP contribution is -2.44. The lowest BCUT2D eigenvalue weighted by atomic mass is 10.2. The lowest BCUT2D eigenvalue weighted by molar-refractivity contribution is 0.0162. The summed E-state index contributed by atoms with van der Waals surface area (Å²) in [6, 6.07) is -0.246. The second kappa shape index (κ2) is 9.22. The minimum Gasteiger partial charge on any atom is -0.449 e. The maximum absolute atomic E-state index is 11.9. The molecular formula is C13H25N2O8P. The molecule has 24 heavy (non-hydrogen) atoms. The van der Waals surface area contributed by atoms with Gasteiger partial charge in [-0.3, -0.25) is 0 Å². The average molecular weight is 368 g/mol. The highest BCUT2D eigenvalue weighted by Gasteiger charge is 2.32. The second-order valence-corrected chi connectivity index (χ2v) is 7.23. The fourth-order valence-electron chi connectivity index (χ4n) is 2.23. The molecule has 0 aliphatic carbocycles. The molecule has 1 aliphatic heterocycles. The standard InChI is InChI=1S/C13H25N2O8P/c1-10(2)8-21-12(16)14(3)7-11-5-4-6-15(11)13(17)22-9-23-24(18,19)20/h10-11H,4-9H2,1-3H3,(H2,18,19,20)/t11-/m0/s1. The lowest BCUT2D eigenvalue weighted by Gasteiger charge is -2.27. The summed E-state index contributed by atoms with van der Waals surface area (Å²) in [6.45, 7) is 4.07. The zero-order valence-corrected chi connectivity index (χ0v) is 15.0. The van der Waals surface area contributed by atoms with Crippen molar-refractivity contribution in [3.63, 3.8) is 0 Å². The third kappa shape index (κ3) is 7.48. The van der Waals surface area contributed by atoms with Gasteiger partial charge in [0.15, 0.2) is 0 Å². The number of phosphoric acid groups is 1. The van der Waals surface area contributed by atoms with Crippen molar-refractivity contribution in [2.24, 2.45) is 5.92 Å². The summed E-state index contributed by atoms with van der Waals surface area (Å²) in [5.41, 5.74) is 0. The van der Waals surface area contributed by atoms with Gasteiger partial charge in [0.05, 0.1) is 12.6 Å². The molecule has 0 unspecified atom stereocenters. The molecule has 0 spiro atoms. The number of ether oxygens (including phenoxy) is 2. The van der Waals surface area contributed by atoms with E-state index in [1.807, 2.05) is 13.8 Å². The summed E-state index contributed by atoms with van der Waals surface area (Å²) < 4.78 is 24.4. The molecule has 10 nitrogen and oxygen atoms in total. The number of likely N-dealkylation sites (N-methyl/N-ethyl adjacent to an activating group) is 1. The van der Waals surface area contributed by atoms with E-state index in [-0.39, 0.29) is 18.5 Å². The monoisotopic (exact) mass is 368 g/mol. The number of rotatable bonds is 7. The molecule has 1 heterocycles. The van der Waals surface area contributed by atoms with E-state index in [1.54, 1.807) is 7.05 Å². The van der Waals surface area contributed by atoms with E-state index in [9.17, 15) is 14.2 Å². The summed E-state index contributed by atoms with van der Waals surface area (Å²) in [4.78, 5) is 43.7. The molecule has 0 aromatic carbocycles. The summed E-state index contributed by atoms with van der Waals surface area (Å²) in [7, 11) is -3.10. The third-order valence-electron chi connectivity index (χ3n) is 3.35. The Bertz CT molecular complexity index is 481. The van der Waals surface area contributed by atoms with Gasteiger partial charge in [0.2, 0.25) is 6.79 Å². The Kier molecular flexibility index (Phi) is 7.95. The Hall–Kier alpha value is -1.35. The minimum atomic E-state index is -4.69. The highest BCUT2D eigenvalue weighted by atomic mass is 31.2. The van der Waals surface area contributed by atoms with Gasteiger partial charge in [-0.1, -0.05) is 13.8 Å². The van der Waals surface area contributed by atoms with Crippen molar-refractivity contribution >= 4 is 20.0 Å². The van der Waals surface area contributed by atoms with E-state index in [2.05, 4.69) is 4.52 Å². The quantitative estimate of drug-likeness (QED) is 0.510. The maximum atomic E-state index is 11.9. The van der Waals surface area contributed by atoms with E-state index >= 15 is 0 Å². The van der Waals surface area contributed by atoms with Gasteiger partial charge in [-0.15, -0.1) is 0 Å². The van der Waals surface area contributed by atoms with Gasteiger partial charge in [0.1, 0.15) is 0 Å². The second-order valence-electron chi connectivity index (χ2n) is 5.99. The molecule has 0 radical (unpaired) electrons. The van der Waals surface area contributed by atoms with Gasteiger partial charge < -0.3 is 29.1 Å².